The van der Waals surface area contributed by atoms with E-state index in [-0.39, 0.29) is 24.1 Å². The Morgan fingerprint density at radius 3 is 2.66 bits per heavy atom. The van der Waals surface area contributed by atoms with E-state index in [0.29, 0.717) is 31.5 Å². The van der Waals surface area contributed by atoms with Crippen molar-refractivity contribution in [1.29, 1.82) is 0 Å². The summed E-state index contributed by atoms with van der Waals surface area (Å²) in [7, 11) is 0. The average molecular weight is 519 g/mol. The van der Waals surface area contributed by atoms with Gasteiger partial charge in [-0.3, -0.25) is 29.4 Å². The molecule has 2 fully saturated rings. The van der Waals surface area contributed by atoms with Crippen LogP contribution in [0.3, 0.4) is 0 Å². The molecule has 0 saturated carbocycles. The molecule has 2 N–H and O–H groups in total. The summed E-state index contributed by atoms with van der Waals surface area (Å²) in [6, 6.07) is 11.1. The van der Waals surface area contributed by atoms with Crippen LogP contribution in [0, 0.1) is 6.92 Å². The number of fused-ring (bicyclic) bond motifs is 1. The first kappa shape index (κ1) is 26.1. The number of carbonyl (C=O) groups excluding carboxylic acids is 4. The smallest absolute Gasteiger partial charge is 0.255 e. The molecule has 3 aliphatic heterocycles. The second-order valence-electron chi connectivity index (χ2n) is 10.3. The number of nitrogens with zero attached hydrogens (tertiary/aromatic N) is 2. The first-order valence-corrected chi connectivity index (χ1v) is 13.3. The van der Waals surface area contributed by atoms with Crippen LogP contribution < -0.4 is 10.6 Å². The Hall–Kier alpha value is -3.56. The highest BCUT2D eigenvalue weighted by Crippen LogP contribution is 2.28. The molecule has 0 spiro atoms. The Balaban J connectivity index is 1.15. The zero-order chi connectivity index (χ0) is 26.6. The van der Waals surface area contributed by atoms with Crippen LogP contribution >= 0.6 is 0 Å². The molecule has 9 heteroatoms. The van der Waals surface area contributed by atoms with Crippen LogP contribution in [0.5, 0.6) is 0 Å². The standard InChI is InChI=1S/C29H34N4O5/c1-19-2-3-20(14-22(19)8-9-32-10-12-38-13-11-32)16-27(35)30-17-21-4-5-24-23(15-21)18-33(29(24)37)25-6-7-26(34)31-28(25)36/h2-5,14-15,25H,6-13,16-18H2,1H3,(H,30,35)(H,31,34,36). The van der Waals surface area contributed by atoms with Crippen molar-refractivity contribution >= 4 is 23.6 Å². The molecule has 1 unspecified atom stereocenters. The molecule has 1 atom stereocenters. The molecule has 200 valence electrons. The third-order valence-corrected chi connectivity index (χ3v) is 7.66. The largest absolute Gasteiger partial charge is 0.379 e. The van der Waals surface area contributed by atoms with Crippen molar-refractivity contribution in [2.24, 2.45) is 0 Å². The van der Waals surface area contributed by atoms with Crippen LogP contribution in [-0.4, -0.2) is 72.3 Å². The van der Waals surface area contributed by atoms with E-state index in [2.05, 4.69) is 34.6 Å². The molecule has 0 radical (unpaired) electrons. The number of aryl methyl sites for hydroxylation is 1. The lowest BCUT2D eigenvalue weighted by molar-refractivity contribution is -0.137. The maximum Gasteiger partial charge on any atom is 0.255 e. The van der Waals surface area contributed by atoms with Crippen LogP contribution in [0.25, 0.3) is 0 Å². The van der Waals surface area contributed by atoms with Gasteiger partial charge in [0.15, 0.2) is 0 Å². The third-order valence-electron chi connectivity index (χ3n) is 7.66. The number of imide groups is 1. The molecular formula is C29H34N4O5. The lowest BCUT2D eigenvalue weighted by atomic mass is 10.00. The molecule has 2 aromatic carbocycles. The van der Waals surface area contributed by atoms with Gasteiger partial charge in [0.2, 0.25) is 17.7 Å². The Morgan fingerprint density at radius 1 is 1.08 bits per heavy atom. The molecule has 2 aromatic rings. The molecular weight excluding hydrogens is 484 g/mol. The van der Waals surface area contributed by atoms with Crippen LogP contribution in [0.4, 0.5) is 0 Å². The van der Waals surface area contributed by atoms with Crippen LogP contribution in [0.2, 0.25) is 0 Å². The molecule has 0 bridgehead atoms. The Labute approximate surface area is 222 Å². The summed E-state index contributed by atoms with van der Waals surface area (Å²) >= 11 is 0. The van der Waals surface area contributed by atoms with Crippen molar-refractivity contribution in [2.75, 3.05) is 32.8 Å². The Morgan fingerprint density at radius 2 is 1.87 bits per heavy atom. The lowest BCUT2D eigenvalue weighted by Crippen LogP contribution is -2.52. The van der Waals surface area contributed by atoms with Gasteiger partial charge < -0.3 is 15.0 Å². The van der Waals surface area contributed by atoms with Crippen LogP contribution in [-0.2, 0) is 45.1 Å². The topological polar surface area (TPSA) is 108 Å². The summed E-state index contributed by atoms with van der Waals surface area (Å²) in [5.74, 6) is -0.984. The van der Waals surface area contributed by atoms with Crippen LogP contribution in [0.15, 0.2) is 36.4 Å². The quantitative estimate of drug-likeness (QED) is 0.513. The van der Waals surface area contributed by atoms with Crippen molar-refractivity contribution in [3.8, 4) is 0 Å². The monoisotopic (exact) mass is 518 g/mol. The predicted molar refractivity (Wildman–Crippen MR) is 140 cm³/mol. The Bertz CT molecular complexity index is 1250. The van der Waals surface area contributed by atoms with E-state index >= 15 is 0 Å². The molecule has 3 aliphatic rings. The second-order valence-corrected chi connectivity index (χ2v) is 10.3. The number of piperidine rings is 1. The summed E-state index contributed by atoms with van der Waals surface area (Å²) in [5.41, 5.74) is 5.78. The number of morpholine rings is 1. The van der Waals surface area contributed by atoms with Crippen molar-refractivity contribution in [1.82, 2.24) is 20.4 Å². The third kappa shape index (κ3) is 5.95. The molecule has 4 amide bonds. The Kier molecular flexibility index (Phi) is 7.85. The van der Waals surface area contributed by atoms with Crippen molar-refractivity contribution < 1.29 is 23.9 Å². The highest BCUT2D eigenvalue weighted by atomic mass is 16.5. The number of benzene rings is 2. The van der Waals surface area contributed by atoms with E-state index in [4.69, 9.17) is 4.74 Å². The molecule has 2 saturated heterocycles. The predicted octanol–water partition coefficient (Wildman–Crippen LogP) is 1.49. The van der Waals surface area contributed by atoms with Gasteiger partial charge in [-0.15, -0.1) is 0 Å². The number of hydrogen-bond acceptors (Lipinski definition) is 6. The zero-order valence-electron chi connectivity index (χ0n) is 21.8. The summed E-state index contributed by atoms with van der Waals surface area (Å²) < 4.78 is 5.43. The molecule has 38 heavy (non-hydrogen) atoms. The minimum Gasteiger partial charge on any atom is -0.379 e. The van der Waals surface area contributed by atoms with Gasteiger partial charge in [-0.05, 0) is 53.6 Å². The number of amides is 4. The maximum absolute atomic E-state index is 12.9. The molecule has 9 nitrogen and oxygen atoms in total. The normalized spacial score (nSPS) is 19.9. The van der Waals surface area contributed by atoms with Gasteiger partial charge in [0.25, 0.3) is 5.91 Å². The molecule has 0 aliphatic carbocycles. The van der Waals surface area contributed by atoms with Gasteiger partial charge in [0.05, 0.1) is 19.6 Å². The minimum atomic E-state index is -0.635. The van der Waals surface area contributed by atoms with Gasteiger partial charge in [-0.1, -0.05) is 30.3 Å². The number of carbonyl (C=O) groups is 4. The maximum atomic E-state index is 12.9. The molecule has 3 heterocycles. The highest BCUT2D eigenvalue weighted by Gasteiger charge is 2.39. The van der Waals surface area contributed by atoms with E-state index in [1.807, 2.05) is 18.2 Å². The summed E-state index contributed by atoms with van der Waals surface area (Å²) in [4.78, 5) is 53.3. The van der Waals surface area contributed by atoms with Crippen molar-refractivity contribution in [2.45, 2.75) is 51.7 Å². The minimum absolute atomic E-state index is 0.0604. The summed E-state index contributed by atoms with van der Waals surface area (Å²) in [6.45, 7) is 7.28. The van der Waals surface area contributed by atoms with E-state index in [1.165, 1.54) is 16.0 Å². The van der Waals surface area contributed by atoms with E-state index in [1.54, 1.807) is 6.07 Å². The number of hydrogen-bond donors (Lipinski definition) is 2. The van der Waals surface area contributed by atoms with Crippen molar-refractivity contribution in [3.05, 3.63) is 69.8 Å². The number of ether oxygens (including phenoxy) is 1. The number of nitrogens with one attached hydrogen (secondary N) is 2. The van der Waals surface area contributed by atoms with E-state index in [9.17, 15) is 19.2 Å². The van der Waals surface area contributed by atoms with Crippen LogP contribution in [0.1, 0.15) is 51.0 Å². The first-order chi connectivity index (χ1) is 18.4. The molecule has 0 aromatic heterocycles. The zero-order valence-corrected chi connectivity index (χ0v) is 21.8. The molecule has 5 rings (SSSR count). The first-order valence-electron chi connectivity index (χ1n) is 13.3. The van der Waals surface area contributed by atoms with Gasteiger partial charge in [0.1, 0.15) is 6.04 Å². The highest BCUT2D eigenvalue weighted by molar-refractivity contribution is 6.05. The number of rotatable bonds is 8. The fraction of sp³-hybridized carbons (Fsp3) is 0.448. The fourth-order valence-corrected chi connectivity index (χ4v) is 5.39. The van der Waals surface area contributed by atoms with Crippen molar-refractivity contribution in [3.63, 3.8) is 0 Å². The fourth-order valence-electron chi connectivity index (χ4n) is 5.39. The summed E-state index contributed by atoms with van der Waals surface area (Å²) in [6.07, 6.45) is 1.81. The second kappa shape index (κ2) is 11.4. The average Bonchev–Trinajstić information content (AvgIpc) is 3.23. The summed E-state index contributed by atoms with van der Waals surface area (Å²) in [5, 5.41) is 5.31. The van der Waals surface area contributed by atoms with E-state index < -0.39 is 11.9 Å². The van der Waals surface area contributed by atoms with Gasteiger partial charge in [-0.25, -0.2) is 0 Å². The van der Waals surface area contributed by atoms with Gasteiger partial charge in [0, 0.05) is 44.7 Å². The van der Waals surface area contributed by atoms with Gasteiger partial charge in [-0.2, -0.15) is 0 Å². The lowest BCUT2D eigenvalue weighted by Gasteiger charge is -2.29. The van der Waals surface area contributed by atoms with E-state index in [0.717, 1.165) is 56.0 Å². The van der Waals surface area contributed by atoms with Gasteiger partial charge >= 0.3 is 0 Å². The SMILES string of the molecule is Cc1ccc(CC(=O)NCc2ccc3c(c2)CN(C2CCC(=O)NC2=O)C3=O)cc1CCN1CCOCC1.